The number of amides is 1. The molecule has 7 nitrogen and oxygen atoms in total. The van der Waals surface area contributed by atoms with Crippen LogP contribution in [0.2, 0.25) is 0 Å². The molecular formula is C23H20F3N5O2S. The Balaban J connectivity index is 1.46. The van der Waals surface area contributed by atoms with Gasteiger partial charge in [0.2, 0.25) is 5.91 Å². The van der Waals surface area contributed by atoms with Gasteiger partial charge in [-0.25, -0.2) is 0 Å². The van der Waals surface area contributed by atoms with Gasteiger partial charge in [0.15, 0.2) is 11.0 Å². The number of para-hydroxylation sites is 1. The number of carbonyl (C=O) groups excluding carboxylic acids is 1. The van der Waals surface area contributed by atoms with Crippen molar-refractivity contribution < 1.29 is 22.4 Å². The van der Waals surface area contributed by atoms with E-state index in [0.29, 0.717) is 34.7 Å². The molecule has 2 aromatic heterocycles. The number of thioether (sulfide) groups is 1. The molecule has 1 amide bonds. The number of rotatable bonds is 9. The van der Waals surface area contributed by atoms with Crippen molar-refractivity contribution in [3.05, 3.63) is 90.1 Å². The van der Waals surface area contributed by atoms with E-state index in [9.17, 15) is 18.0 Å². The van der Waals surface area contributed by atoms with Gasteiger partial charge in [-0.2, -0.15) is 13.2 Å². The van der Waals surface area contributed by atoms with Crippen LogP contribution in [0.5, 0.6) is 0 Å². The number of halogens is 3. The number of hydrogen-bond acceptors (Lipinski definition) is 6. The summed E-state index contributed by atoms with van der Waals surface area (Å²) in [7, 11) is 0. The number of benzene rings is 2. The highest BCUT2D eigenvalue weighted by Crippen LogP contribution is 2.30. The van der Waals surface area contributed by atoms with Crippen molar-refractivity contribution >= 4 is 29.0 Å². The molecule has 2 heterocycles. The SMILES string of the molecule is O=C(CSc1nnc(CNc2cccc(C(F)(F)F)c2)n1Cc1ccco1)Nc1ccccc1. The molecule has 176 valence electrons. The maximum absolute atomic E-state index is 13.0. The molecule has 0 radical (unpaired) electrons. The highest BCUT2D eigenvalue weighted by atomic mass is 32.2. The normalized spacial score (nSPS) is 11.4. The van der Waals surface area contributed by atoms with Crippen LogP contribution in [0.3, 0.4) is 0 Å². The topological polar surface area (TPSA) is 85.0 Å². The lowest BCUT2D eigenvalue weighted by molar-refractivity contribution is -0.137. The molecule has 0 unspecified atom stereocenters. The van der Waals surface area contributed by atoms with Crippen LogP contribution in [0.15, 0.2) is 82.6 Å². The van der Waals surface area contributed by atoms with Crippen molar-refractivity contribution in [1.82, 2.24) is 14.8 Å². The summed E-state index contributed by atoms with van der Waals surface area (Å²) >= 11 is 1.20. The van der Waals surface area contributed by atoms with E-state index in [2.05, 4.69) is 20.8 Å². The lowest BCUT2D eigenvalue weighted by atomic mass is 10.2. The van der Waals surface area contributed by atoms with E-state index < -0.39 is 11.7 Å². The number of furan rings is 1. The Morgan fingerprint density at radius 3 is 2.53 bits per heavy atom. The van der Waals surface area contributed by atoms with E-state index in [0.717, 1.165) is 12.1 Å². The summed E-state index contributed by atoms with van der Waals surface area (Å²) in [6, 6.07) is 17.6. The fourth-order valence-corrected chi connectivity index (χ4v) is 3.87. The second-order valence-corrected chi connectivity index (χ2v) is 8.14. The Hall–Kier alpha value is -3.73. The maximum atomic E-state index is 13.0. The number of aromatic nitrogens is 3. The zero-order valence-corrected chi connectivity index (χ0v) is 18.6. The summed E-state index contributed by atoms with van der Waals surface area (Å²) in [5, 5.41) is 14.6. The number of anilines is 2. The molecular weight excluding hydrogens is 467 g/mol. The van der Waals surface area contributed by atoms with Crippen molar-refractivity contribution in [2.75, 3.05) is 16.4 Å². The number of nitrogens with one attached hydrogen (secondary N) is 2. The molecule has 11 heteroatoms. The van der Waals surface area contributed by atoms with E-state index in [4.69, 9.17) is 4.42 Å². The first-order valence-corrected chi connectivity index (χ1v) is 11.2. The Kier molecular flexibility index (Phi) is 7.21. The average Bonchev–Trinajstić information content (AvgIpc) is 3.47. The molecule has 0 fully saturated rings. The molecule has 4 aromatic rings. The predicted octanol–water partition coefficient (Wildman–Crippen LogP) is 5.28. The molecule has 0 atom stereocenters. The molecule has 2 aromatic carbocycles. The van der Waals surface area contributed by atoms with Crippen LogP contribution in [0.4, 0.5) is 24.5 Å². The van der Waals surface area contributed by atoms with Gasteiger partial charge in [-0.1, -0.05) is 36.0 Å². The summed E-state index contributed by atoms with van der Waals surface area (Å²) in [5.74, 6) is 1.04. The summed E-state index contributed by atoms with van der Waals surface area (Å²) in [6.45, 7) is 0.439. The van der Waals surface area contributed by atoms with Crippen LogP contribution in [-0.2, 0) is 24.1 Å². The van der Waals surface area contributed by atoms with Crippen LogP contribution in [0, 0.1) is 0 Å². The van der Waals surface area contributed by atoms with Crippen LogP contribution in [0.25, 0.3) is 0 Å². The zero-order valence-electron chi connectivity index (χ0n) is 17.7. The molecule has 2 N–H and O–H groups in total. The third-order valence-electron chi connectivity index (χ3n) is 4.72. The van der Waals surface area contributed by atoms with Crippen molar-refractivity contribution in [3.63, 3.8) is 0 Å². The molecule has 0 bridgehead atoms. The van der Waals surface area contributed by atoms with Crippen molar-refractivity contribution in [2.45, 2.75) is 24.4 Å². The van der Waals surface area contributed by atoms with Gasteiger partial charge < -0.3 is 15.1 Å². The van der Waals surface area contributed by atoms with E-state index in [-0.39, 0.29) is 18.2 Å². The van der Waals surface area contributed by atoms with E-state index in [1.54, 1.807) is 41.2 Å². The Bertz CT molecular complexity index is 1230. The molecule has 0 spiro atoms. The first-order chi connectivity index (χ1) is 16.4. The molecule has 34 heavy (non-hydrogen) atoms. The fourth-order valence-electron chi connectivity index (χ4n) is 3.11. The number of carbonyl (C=O) groups is 1. The molecule has 4 rings (SSSR count). The van der Waals surface area contributed by atoms with Gasteiger partial charge >= 0.3 is 6.18 Å². The summed E-state index contributed by atoms with van der Waals surface area (Å²) in [5.41, 5.74) is 0.255. The molecule has 0 aliphatic rings. The quantitative estimate of drug-likeness (QED) is 0.313. The fraction of sp³-hybridized carbons (Fsp3) is 0.174. The monoisotopic (exact) mass is 487 g/mol. The largest absolute Gasteiger partial charge is 0.467 e. The second-order valence-electron chi connectivity index (χ2n) is 7.20. The predicted molar refractivity (Wildman–Crippen MR) is 122 cm³/mol. The van der Waals surface area contributed by atoms with Gasteiger partial charge in [0.05, 0.1) is 30.7 Å². The Labute approximate surface area is 197 Å². The standard InChI is InChI=1S/C23H20F3N5O2S/c24-23(25,26)16-6-4-9-18(12-16)27-13-20-29-30-22(31(20)14-19-10-5-11-33-19)34-15-21(32)28-17-7-2-1-3-8-17/h1-12,27H,13-15H2,(H,28,32). The smallest absolute Gasteiger partial charge is 0.416 e. The van der Waals surface area contributed by atoms with Gasteiger partial charge in [0.1, 0.15) is 5.76 Å². The van der Waals surface area contributed by atoms with Gasteiger partial charge in [0.25, 0.3) is 0 Å². The van der Waals surface area contributed by atoms with Crippen LogP contribution in [0.1, 0.15) is 17.1 Å². The van der Waals surface area contributed by atoms with Crippen molar-refractivity contribution in [1.29, 1.82) is 0 Å². The highest BCUT2D eigenvalue weighted by Gasteiger charge is 2.30. The minimum atomic E-state index is -4.43. The van der Waals surface area contributed by atoms with Gasteiger partial charge in [-0.15, -0.1) is 10.2 Å². The third kappa shape index (κ3) is 6.19. The highest BCUT2D eigenvalue weighted by molar-refractivity contribution is 7.99. The van der Waals surface area contributed by atoms with Gasteiger partial charge in [0, 0.05) is 11.4 Å². The lowest BCUT2D eigenvalue weighted by Crippen LogP contribution is -2.15. The minimum absolute atomic E-state index is 0.103. The van der Waals surface area contributed by atoms with Crippen LogP contribution < -0.4 is 10.6 Å². The summed E-state index contributed by atoms with van der Waals surface area (Å²) in [4.78, 5) is 12.3. The van der Waals surface area contributed by atoms with E-state index >= 15 is 0 Å². The van der Waals surface area contributed by atoms with Gasteiger partial charge in [-0.3, -0.25) is 9.36 Å². The first kappa shape index (κ1) is 23.4. The number of nitrogens with zero attached hydrogens (tertiary/aromatic N) is 3. The minimum Gasteiger partial charge on any atom is -0.467 e. The first-order valence-electron chi connectivity index (χ1n) is 10.2. The Morgan fingerprint density at radius 2 is 1.79 bits per heavy atom. The molecule has 0 saturated heterocycles. The zero-order chi connectivity index (χ0) is 24.0. The summed E-state index contributed by atoms with van der Waals surface area (Å²) in [6.07, 6.45) is -2.89. The van der Waals surface area contributed by atoms with E-state index in [1.807, 2.05) is 18.2 Å². The van der Waals surface area contributed by atoms with Crippen LogP contribution >= 0.6 is 11.8 Å². The number of hydrogen-bond donors (Lipinski definition) is 2. The lowest BCUT2D eigenvalue weighted by Gasteiger charge is -2.12. The van der Waals surface area contributed by atoms with E-state index in [1.165, 1.54) is 17.8 Å². The molecule has 0 aliphatic carbocycles. The molecule has 0 aliphatic heterocycles. The summed E-state index contributed by atoms with van der Waals surface area (Å²) < 4.78 is 46.2. The number of alkyl halides is 3. The van der Waals surface area contributed by atoms with Crippen molar-refractivity contribution in [3.8, 4) is 0 Å². The van der Waals surface area contributed by atoms with Crippen molar-refractivity contribution in [2.24, 2.45) is 0 Å². The average molecular weight is 488 g/mol. The second kappa shape index (κ2) is 10.5. The Morgan fingerprint density at radius 1 is 1.00 bits per heavy atom. The molecule has 0 saturated carbocycles. The van der Waals surface area contributed by atoms with Gasteiger partial charge in [-0.05, 0) is 42.5 Å². The maximum Gasteiger partial charge on any atom is 0.416 e. The van der Waals surface area contributed by atoms with Crippen LogP contribution in [-0.4, -0.2) is 26.4 Å². The third-order valence-corrected chi connectivity index (χ3v) is 5.68.